The number of benzene rings is 1. The summed E-state index contributed by atoms with van der Waals surface area (Å²) in [6, 6.07) is 4.76. The maximum Gasteiger partial charge on any atom is 0.416 e. The SMILES string of the molecule is CCc1c(C2=CCNCC2)c(=O)n2nc(-c3cc4c(s3)COCC4)nc2n1CC(=O)Nc1ccc(C(F)(F)F)cc1Cl. The van der Waals surface area contributed by atoms with E-state index in [2.05, 4.69) is 15.7 Å². The lowest BCUT2D eigenvalue weighted by Crippen LogP contribution is -2.31. The number of rotatable bonds is 6. The van der Waals surface area contributed by atoms with E-state index < -0.39 is 17.6 Å². The second kappa shape index (κ2) is 11.3. The number of nitrogens with zero attached hydrogens (tertiary/aromatic N) is 4. The summed E-state index contributed by atoms with van der Waals surface area (Å²) in [5.41, 5.74) is 1.92. The smallest absolute Gasteiger partial charge is 0.376 e. The first-order valence-corrected chi connectivity index (χ1v) is 14.6. The highest BCUT2D eigenvalue weighted by molar-refractivity contribution is 7.15. The zero-order chi connectivity index (χ0) is 29.6. The van der Waals surface area contributed by atoms with Crippen LogP contribution >= 0.6 is 22.9 Å². The van der Waals surface area contributed by atoms with Gasteiger partial charge in [-0.05, 0) is 61.2 Å². The van der Waals surface area contributed by atoms with Gasteiger partial charge in [0.25, 0.3) is 5.56 Å². The van der Waals surface area contributed by atoms with Gasteiger partial charge in [0.05, 0.1) is 39.9 Å². The fraction of sp³-hybridized carbons (Fsp3) is 0.357. The molecule has 220 valence electrons. The fourth-order valence-electron chi connectivity index (χ4n) is 5.29. The topological polar surface area (TPSA) is 103 Å². The largest absolute Gasteiger partial charge is 0.416 e. The molecule has 42 heavy (non-hydrogen) atoms. The molecule has 0 radical (unpaired) electrons. The maximum atomic E-state index is 13.9. The Labute approximate surface area is 247 Å². The van der Waals surface area contributed by atoms with Gasteiger partial charge in [0, 0.05) is 17.1 Å². The van der Waals surface area contributed by atoms with Gasteiger partial charge in [-0.1, -0.05) is 24.6 Å². The van der Waals surface area contributed by atoms with Crippen LogP contribution in [-0.4, -0.2) is 44.8 Å². The lowest BCUT2D eigenvalue weighted by Gasteiger charge is -2.21. The summed E-state index contributed by atoms with van der Waals surface area (Å²) in [6.07, 6.45) is -0.773. The molecule has 2 aliphatic heterocycles. The van der Waals surface area contributed by atoms with Gasteiger partial charge in [-0.2, -0.15) is 22.7 Å². The van der Waals surface area contributed by atoms with E-state index in [1.165, 1.54) is 15.9 Å². The molecule has 9 nitrogen and oxygen atoms in total. The summed E-state index contributed by atoms with van der Waals surface area (Å²) in [5.74, 6) is 0.0155. The molecule has 0 saturated heterocycles. The number of aromatic nitrogens is 4. The molecular formula is C28H26ClF3N6O3S. The van der Waals surface area contributed by atoms with Gasteiger partial charge >= 0.3 is 6.18 Å². The monoisotopic (exact) mass is 618 g/mol. The summed E-state index contributed by atoms with van der Waals surface area (Å²) in [4.78, 5) is 33.8. The zero-order valence-corrected chi connectivity index (χ0v) is 24.0. The summed E-state index contributed by atoms with van der Waals surface area (Å²) in [6.45, 7) is 4.08. The molecular weight excluding hydrogens is 593 g/mol. The van der Waals surface area contributed by atoms with Crippen LogP contribution in [0.25, 0.3) is 22.1 Å². The van der Waals surface area contributed by atoms with Crippen molar-refractivity contribution >= 4 is 45.9 Å². The average Bonchev–Trinajstić information content (AvgIpc) is 3.60. The first-order valence-electron chi connectivity index (χ1n) is 13.4. The van der Waals surface area contributed by atoms with Gasteiger partial charge in [0.1, 0.15) is 6.54 Å². The Morgan fingerprint density at radius 3 is 2.79 bits per heavy atom. The van der Waals surface area contributed by atoms with E-state index in [0.29, 0.717) is 56.2 Å². The summed E-state index contributed by atoms with van der Waals surface area (Å²) >= 11 is 7.60. The number of fused-ring (bicyclic) bond motifs is 2. The molecule has 0 atom stereocenters. The third kappa shape index (κ3) is 5.37. The van der Waals surface area contributed by atoms with E-state index in [0.717, 1.165) is 45.5 Å². The molecule has 1 aromatic carbocycles. The standard InChI is InChI=1S/C28H26ClF3N6O3S/c1-2-20-24(15-5-8-33-9-6-15)26(40)38-27(35-25(36-38)21-11-16-7-10-41-14-22(16)42-21)37(20)13-23(39)34-19-4-3-17(12-18(19)29)28(30,31)32/h3-5,11-12,33H,2,6-10,13-14H2,1H3,(H,34,39). The number of amides is 1. The van der Waals surface area contributed by atoms with Crippen LogP contribution < -0.4 is 16.2 Å². The highest BCUT2D eigenvalue weighted by Crippen LogP contribution is 2.35. The minimum absolute atomic E-state index is 0.0413. The molecule has 3 aromatic heterocycles. The molecule has 0 spiro atoms. The predicted molar refractivity (Wildman–Crippen MR) is 154 cm³/mol. The Hall–Kier alpha value is -3.52. The van der Waals surface area contributed by atoms with Crippen molar-refractivity contribution in [1.82, 2.24) is 24.5 Å². The van der Waals surface area contributed by atoms with Crippen LogP contribution in [0.15, 0.2) is 35.1 Å². The van der Waals surface area contributed by atoms with Crippen molar-refractivity contribution < 1.29 is 22.7 Å². The van der Waals surface area contributed by atoms with Crippen LogP contribution in [-0.2, 0) is 41.7 Å². The van der Waals surface area contributed by atoms with Gasteiger partial charge < -0.3 is 19.9 Å². The molecule has 2 aliphatic rings. The molecule has 6 rings (SSSR count). The van der Waals surface area contributed by atoms with Crippen LogP contribution in [0.4, 0.5) is 18.9 Å². The third-order valence-electron chi connectivity index (χ3n) is 7.31. The second-order valence-corrected chi connectivity index (χ2v) is 11.5. The van der Waals surface area contributed by atoms with E-state index >= 15 is 0 Å². The van der Waals surface area contributed by atoms with Crippen LogP contribution in [0.3, 0.4) is 0 Å². The van der Waals surface area contributed by atoms with Crippen molar-refractivity contribution in [2.75, 3.05) is 25.0 Å². The number of halogens is 4. The molecule has 0 saturated carbocycles. The number of nitrogens with one attached hydrogen (secondary N) is 2. The summed E-state index contributed by atoms with van der Waals surface area (Å²) in [7, 11) is 0. The average molecular weight is 619 g/mol. The number of alkyl halides is 3. The van der Waals surface area contributed by atoms with Gasteiger partial charge in [0.2, 0.25) is 11.7 Å². The molecule has 0 aliphatic carbocycles. The van der Waals surface area contributed by atoms with Crippen LogP contribution in [0.2, 0.25) is 5.02 Å². The molecule has 0 bridgehead atoms. The van der Waals surface area contributed by atoms with Crippen molar-refractivity contribution in [3.8, 4) is 10.7 Å². The van der Waals surface area contributed by atoms with Crippen LogP contribution in [0.1, 0.15) is 40.6 Å². The Kier molecular flexibility index (Phi) is 7.68. The Bertz CT molecular complexity index is 1770. The number of ether oxygens (including phenoxy) is 1. The Morgan fingerprint density at radius 1 is 1.26 bits per heavy atom. The van der Waals surface area contributed by atoms with Gasteiger partial charge in [-0.3, -0.25) is 9.59 Å². The first kappa shape index (κ1) is 28.6. The highest BCUT2D eigenvalue weighted by Gasteiger charge is 2.31. The zero-order valence-electron chi connectivity index (χ0n) is 22.5. The van der Waals surface area contributed by atoms with Gasteiger partial charge in [-0.25, -0.2) is 0 Å². The first-order chi connectivity index (χ1) is 20.1. The van der Waals surface area contributed by atoms with Gasteiger partial charge in [0.15, 0.2) is 5.82 Å². The van der Waals surface area contributed by atoms with Crippen molar-refractivity contribution in [2.24, 2.45) is 0 Å². The lowest BCUT2D eigenvalue weighted by molar-refractivity contribution is -0.137. The number of carbonyl (C=O) groups is 1. The highest BCUT2D eigenvalue weighted by atomic mass is 35.5. The molecule has 5 heterocycles. The van der Waals surface area contributed by atoms with E-state index in [-0.39, 0.29) is 28.6 Å². The van der Waals surface area contributed by atoms with E-state index in [1.54, 1.807) is 4.57 Å². The van der Waals surface area contributed by atoms with Crippen molar-refractivity contribution in [3.05, 3.63) is 73.0 Å². The molecule has 0 fully saturated rings. The third-order valence-corrected chi connectivity index (χ3v) is 8.77. The van der Waals surface area contributed by atoms with Crippen molar-refractivity contribution in [2.45, 2.75) is 45.5 Å². The van der Waals surface area contributed by atoms with E-state index in [4.69, 9.17) is 21.3 Å². The number of hydrogen-bond acceptors (Lipinski definition) is 7. The number of carbonyl (C=O) groups excluding carboxylic acids is 1. The molecule has 1 amide bonds. The normalized spacial score (nSPS) is 15.5. The molecule has 14 heteroatoms. The fourth-order valence-corrected chi connectivity index (χ4v) is 6.60. The molecule has 0 unspecified atom stereocenters. The Balaban J connectivity index is 1.44. The minimum Gasteiger partial charge on any atom is -0.376 e. The molecule has 2 N–H and O–H groups in total. The molecule has 4 aromatic rings. The summed E-state index contributed by atoms with van der Waals surface area (Å²) in [5, 5.41) is 10.2. The van der Waals surface area contributed by atoms with Crippen molar-refractivity contribution in [3.63, 3.8) is 0 Å². The van der Waals surface area contributed by atoms with Gasteiger partial charge in [-0.15, -0.1) is 16.4 Å². The lowest BCUT2D eigenvalue weighted by atomic mass is 9.98. The Morgan fingerprint density at radius 2 is 2.10 bits per heavy atom. The number of hydrogen-bond donors (Lipinski definition) is 2. The second-order valence-electron chi connectivity index (χ2n) is 10.00. The van der Waals surface area contributed by atoms with E-state index in [1.807, 2.05) is 19.1 Å². The minimum atomic E-state index is -4.57. The van der Waals surface area contributed by atoms with Crippen molar-refractivity contribution in [1.29, 1.82) is 0 Å². The van der Waals surface area contributed by atoms with Crippen LogP contribution in [0, 0.1) is 0 Å². The predicted octanol–water partition coefficient (Wildman–Crippen LogP) is 4.94. The van der Waals surface area contributed by atoms with E-state index in [9.17, 15) is 22.8 Å². The van der Waals surface area contributed by atoms with Crippen LogP contribution in [0.5, 0.6) is 0 Å². The quantitative estimate of drug-likeness (QED) is 0.317. The maximum absolute atomic E-state index is 13.9. The summed E-state index contributed by atoms with van der Waals surface area (Å²) < 4.78 is 47.7. The number of thiophene rings is 1. The number of anilines is 1.